The molecule has 20 heavy (non-hydrogen) atoms. The van der Waals surface area contributed by atoms with Crippen molar-refractivity contribution in [1.29, 1.82) is 0 Å². The lowest BCUT2D eigenvalue weighted by atomic mass is 9.85. The molecule has 0 amide bonds. The minimum absolute atomic E-state index is 0.0227. The molecule has 0 radical (unpaired) electrons. The van der Waals surface area contributed by atoms with Gasteiger partial charge in [-0.3, -0.25) is 0 Å². The van der Waals surface area contributed by atoms with Crippen LogP contribution in [0.1, 0.15) is 31.2 Å². The SMILES string of the molecule is NC[C@H]1CCCC[C@@H]1NS(=O)(=O)CCc1ccccc1. The van der Waals surface area contributed by atoms with E-state index >= 15 is 0 Å². The van der Waals surface area contributed by atoms with E-state index in [1.54, 1.807) is 0 Å². The van der Waals surface area contributed by atoms with Gasteiger partial charge in [0.05, 0.1) is 5.75 Å². The molecule has 4 nitrogen and oxygen atoms in total. The van der Waals surface area contributed by atoms with Crippen molar-refractivity contribution in [3.63, 3.8) is 0 Å². The van der Waals surface area contributed by atoms with Crippen LogP contribution in [-0.4, -0.2) is 26.8 Å². The van der Waals surface area contributed by atoms with Crippen molar-refractivity contribution in [2.75, 3.05) is 12.3 Å². The summed E-state index contributed by atoms with van der Waals surface area (Å²) in [6.07, 6.45) is 4.73. The summed E-state index contributed by atoms with van der Waals surface area (Å²) >= 11 is 0. The van der Waals surface area contributed by atoms with Crippen LogP contribution in [0.15, 0.2) is 30.3 Å². The van der Waals surface area contributed by atoms with Crippen molar-refractivity contribution in [3.05, 3.63) is 35.9 Å². The molecule has 1 aliphatic rings. The van der Waals surface area contributed by atoms with Crippen LogP contribution in [-0.2, 0) is 16.4 Å². The van der Waals surface area contributed by atoms with E-state index in [4.69, 9.17) is 5.73 Å². The molecule has 2 rings (SSSR count). The third-order valence-electron chi connectivity index (χ3n) is 4.05. The molecule has 0 heterocycles. The van der Waals surface area contributed by atoms with E-state index in [1.165, 1.54) is 0 Å². The topological polar surface area (TPSA) is 72.2 Å². The van der Waals surface area contributed by atoms with Crippen LogP contribution in [0.3, 0.4) is 0 Å². The van der Waals surface area contributed by atoms with E-state index in [1.807, 2.05) is 30.3 Å². The van der Waals surface area contributed by atoms with Gasteiger partial charge >= 0.3 is 0 Å². The summed E-state index contributed by atoms with van der Waals surface area (Å²) in [7, 11) is -3.23. The fourth-order valence-corrected chi connectivity index (χ4v) is 4.23. The van der Waals surface area contributed by atoms with E-state index in [9.17, 15) is 8.42 Å². The maximum Gasteiger partial charge on any atom is 0.212 e. The van der Waals surface area contributed by atoms with Crippen molar-refractivity contribution >= 4 is 10.0 Å². The van der Waals surface area contributed by atoms with Crippen LogP contribution < -0.4 is 10.5 Å². The predicted octanol–water partition coefficient (Wildman–Crippen LogP) is 1.67. The van der Waals surface area contributed by atoms with Crippen LogP contribution in [0, 0.1) is 5.92 Å². The van der Waals surface area contributed by atoms with Gasteiger partial charge in [0.25, 0.3) is 0 Å². The fraction of sp³-hybridized carbons (Fsp3) is 0.600. The Labute approximate surface area is 121 Å². The van der Waals surface area contributed by atoms with E-state index in [0.29, 0.717) is 13.0 Å². The second kappa shape index (κ2) is 7.20. The van der Waals surface area contributed by atoms with Gasteiger partial charge in [0.2, 0.25) is 10.0 Å². The smallest absolute Gasteiger partial charge is 0.212 e. The Morgan fingerprint density at radius 1 is 1.15 bits per heavy atom. The second-order valence-electron chi connectivity index (χ2n) is 5.56. The Bertz CT molecular complexity index is 502. The van der Waals surface area contributed by atoms with E-state index in [2.05, 4.69) is 4.72 Å². The molecule has 0 bridgehead atoms. The van der Waals surface area contributed by atoms with Gasteiger partial charge < -0.3 is 5.73 Å². The number of hydrogen-bond acceptors (Lipinski definition) is 3. The lowest BCUT2D eigenvalue weighted by Gasteiger charge is -2.31. The zero-order chi connectivity index (χ0) is 14.4. The molecule has 0 aliphatic heterocycles. The number of hydrogen-bond donors (Lipinski definition) is 2. The summed E-state index contributed by atoms with van der Waals surface area (Å²) in [6.45, 7) is 0.561. The van der Waals surface area contributed by atoms with Gasteiger partial charge in [-0.2, -0.15) is 0 Å². The van der Waals surface area contributed by atoms with Crippen molar-refractivity contribution in [2.24, 2.45) is 11.7 Å². The number of sulfonamides is 1. The number of nitrogens with one attached hydrogen (secondary N) is 1. The summed E-state index contributed by atoms with van der Waals surface area (Å²) in [5.74, 6) is 0.431. The second-order valence-corrected chi connectivity index (χ2v) is 7.43. The molecule has 0 saturated heterocycles. The summed E-state index contributed by atoms with van der Waals surface area (Å²) in [5.41, 5.74) is 6.80. The van der Waals surface area contributed by atoms with Gasteiger partial charge in [-0.15, -0.1) is 0 Å². The van der Waals surface area contributed by atoms with Crippen LogP contribution in [0.4, 0.5) is 0 Å². The Morgan fingerprint density at radius 2 is 1.85 bits per heavy atom. The summed E-state index contributed by atoms with van der Waals surface area (Å²) in [5, 5.41) is 0. The largest absolute Gasteiger partial charge is 0.330 e. The Morgan fingerprint density at radius 3 is 2.55 bits per heavy atom. The van der Waals surface area contributed by atoms with Crippen molar-refractivity contribution in [1.82, 2.24) is 4.72 Å². The molecule has 2 atom stereocenters. The highest BCUT2D eigenvalue weighted by atomic mass is 32.2. The minimum atomic E-state index is -3.23. The lowest BCUT2D eigenvalue weighted by molar-refractivity contribution is 0.296. The first-order chi connectivity index (χ1) is 9.61. The zero-order valence-electron chi connectivity index (χ0n) is 11.8. The van der Waals surface area contributed by atoms with Crippen LogP contribution in [0.5, 0.6) is 0 Å². The number of nitrogens with two attached hydrogens (primary N) is 1. The number of aryl methyl sites for hydroxylation is 1. The van der Waals surface area contributed by atoms with Crippen LogP contribution in [0.2, 0.25) is 0 Å². The first-order valence-corrected chi connectivity index (χ1v) is 9.00. The third kappa shape index (κ3) is 4.58. The first kappa shape index (κ1) is 15.5. The zero-order valence-corrected chi connectivity index (χ0v) is 12.6. The quantitative estimate of drug-likeness (QED) is 0.838. The Balaban J connectivity index is 1.90. The van der Waals surface area contributed by atoms with Crippen LogP contribution in [0.25, 0.3) is 0 Å². The highest BCUT2D eigenvalue weighted by Crippen LogP contribution is 2.24. The van der Waals surface area contributed by atoms with Gasteiger partial charge in [0.1, 0.15) is 0 Å². The fourth-order valence-electron chi connectivity index (χ4n) is 2.83. The maximum atomic E-state index is 12.2. The normalized spacial score (nSPS) is 23.6. The van der Waals surface area contributed by atoms with Crippen LogP contribution >= 0.6 is 0 Å². The highest BCUT2D eigenvalue weighted by molar-refractivity contribution is 7.89. The average Bonchev–Trinajstić information content (AvgIpc) is 2.47. The summed E-state index contributed by atoms with van der Waals surface area (Å²) in [4.78, 5) is 0. The van der Waals surface area contributed by atoms with E-state index in [-0.39, 0.29) is 17.7 Å². The molecule has 112 valence electrons. The van der Waals surface area contributed by atoms with Gasteiger partial charge in [-0.1, -0.05) is 43.2 Å². The molecule has 1 fully saturated rings. The van der Waals surface area contributed by atoms with E-state index < -0.39 is 10.0 Å². The average molecular weight is 296 g/mol. The monoisotopic (exact) mass is 296 g/mol. The van der Waals surface area contributed by atoms with Gasteiger partial charge in [-0.05, 0) is 37.3 Å². The first-order valence-electron chi connectivity index (χ1n) is 7.35. The molecule has 0 aromatic heterocycles. The van der Waals surface area contributed by atoms with Gasteiger partial charge in [0.15, 0.2) is 0 Å². The number of benzene rings is 1. The van der Waals surface area contributed by atoms with E-state index in [0.717, 1.165) is 31.2 Å². The van der Waals surface area contributed by atoms with Gasteiger partial charge in [-0.25, -0.2) is 13.1 Å². The van der Waals surface area contributed by atoms with Crippen molar-refractivity contribution in [2.45, 2.75) is 38.1 Å². The molecule has 3 N–H and O–H groups in total. The lowest BCUT2D eigenvalue weighted by Crippen LogP contribution is -2.45. The predicted molar refractivity (Wildman–Crippen MR) is 81.9 cm³/mol. The molecule has 1 aromatic rings. The molecule has 5 heteroatoms. The molecular formula is C15H24N2O2S. The minimum Gasteiger partial charge on any atom is -0.330 e. The van der Waals surface area contributed by atoms with Crippen molar-refractivity contribution in [3.8, 4) is 0 Å². The molecule has 1 aromatic carbocycles. The molecule has 1 aliphatic carbocycles. The standard InChI is InChI=1S/C15H24N2O2S/c16-12-14-8-4-5-9-15(14)17-20(18,19)11-10-13-6-2-1-3-7-13/h1-3,6-7,14-15,17H,4-5,8-12,16H2/t14-,15+/m1/s1. The highest BCUT2D eigenvalue weighted by Gasteiger charge is 2.27. The molecule has 0 unspecified atom stereocenters. The third-order valence-corrected chi connectivity index (χ3v) is 5.45. The summed E-state index contributed by atoms with van der Waals surface area (Å²) in [6, 6.07) is 9.73. The number of rotatable bonds is 6. The Hall–Kier alpha value is -0.910. The molecular weight excluding hydrogens is 272 g/mol. The van der Waals surface area contributed by atoms with Crippen molar-refractivity contribution < 1.29 is 8.42 Å². The maximum absolute atomic E-state index is 12.2. The molecule has 0 spiro atoms. The molecule has 1 saturated carbocycles. The summed E-state index contributed by atoms with van der Waals surface area (Å²) < 4.78 is 27.2. The van der Waals surface area contributed by atoms with Gasteiger partial charge in [0, 0.05) is 6.04 Å². The Kier molecular flexibility index (Phi) is 5.57.